The first-order chi connectivity index (χ1) is 19.0. The van der Waals surface area contributed by atoms with Gasteiger partial charge in [-0.05, 0) is 36.9 Å². The number of nitrogens with zero attached hydrogens (tertiary/aromatic N) is 1. The molecule has 2 atom stereocenters. The number of aliphatic imine (C=N–C) groups is 1. The van der Waals surface area contributed by atoms with E-state index in [1.54, 1.807) is 24.3 Å². The molecular formula is C28H41N7O5. The van der Waals surface area contributed by atoms with Gasteiger partial charge in [0.05, 0.1) is 12.6 Å². The number of nitrogens with two attached hydrogens (primary N) is 3. The van der Waals surface area contributed by atoms with Crippen LogP contribution in [0.4, 0.5) is 0 Å². The number of carbonyl (C=O) groups excluding carboxylic acids is 2. The number of hydrogen-bond acceptors (Lipinski definition) is 7. The van der Waals surface area contributed by atoms with Crippen LogP contribution in [0.1, 0.15) is 42.9 Å². The van der Waals surface area contributed by atoms with Crippen molar-refractivity contribution in [3.05, 3.63) is 71.3 Å². The normalized spacial score (nSPS) is 11.8. The van der Waals surface area contributed by atoms with Gasteiger partial charge in [-0.1, -0.05) is 54.6 Å². The van der Waals surface area contributed by atoms with Crippen molar-refractivity contribution in [2.45, 2.75) is 45.2 Å². The van der Waals surface area contributed by atoms with E-state index >= 15 is 0 Å². The quantitative estimate of drug-likeness (QED) is 0.0817. The standard InChI is InChI=1S/C26H37N7O3.C2H4O2/c27-24(28)20-10-8-19(9-11-20)16-33-25(36)21(7-4-13-32-26(29)30)15-23(35)22(17-34)31-14-12-18-5-2-1-3-6-18;1-2(3)4/h1-3,5-6,8-11,21-22,31,34H,4,7,12-17H2,(H3,27,28)(H,33,36)(H4,29,30,32);1H3,(H,3,4)/t21-,22-;/m1./s1. The van der Waals surface area contributed by atoms with Crippen molar-refractivity contribution in [2.24, 2.45) is 28.1 Å². The molecule has 0 bridgehead atoms. The number of aliphatic carboxylic acids is 1. The summed E-state index contributed by atoms with van der Waals surface area (Å²) in [7, 11) is 0. The number of amidine groups is 1. The fourth-order valence-corrected chi connectivity index (χ4v) is 3.71. The number of aliphatic hydroxyl groups is 1. The van der Waals surface area contributed by atoms with E-state index in [-0.39, 0.29) is 43.1 Å². The number of rotatable bonds is 16. The van der Waals surface area contributed by atoms with E-state index in [0.29, 0.717) is 31.5 Å². The van der Waals surface area contributed by atoms with Crippen LogP contribution in [-0.4, -0.2) is 65.4 Å². The number of nitrogen functional groups attached to an aromatic ring is 1. The Morgan fingerprint density at radius 2 is 1.62 bits per heavy atom. The maximum atomic E-state index is 13.0. The molecule has 0 aliphatic heterocycles. The summed E-state index contributed by atoms with van der Waals surface area (Å²) in [6.07, 6.45) is 1.65. The van der Waals surface area contributed by atoms with Gasteiger partial charge < -0.3 is 38.0 Å². The Balaban J connectivity index is 0.00000187. The summed E-state index contributed by atoms with van der Waals surface area (Å²) < 4.78 is 0. The minimum atomic E-state index is -0.833. The van der Waals surface area contributed by atoms with Crippen LogP contribution < -0.4 is 27.8 Å². The molecule has 1 amide bonds. The third-order valence-electron chi connectivity index (χ3n) is 5.77. The highest BCUT2D eigenvalue weighted by Gasteiger charge is 2.26. The monoisotopic (exact) mass is 555 g/mol. The third kappa shape index (κ3) is 14.6. The molecule has 0 saturated carbocycles. The van der Waals surface area contributed by atoms with Gasteiger partial charge in [0, 0.05) is 37.9 Å². The van der Waals surface area contributed by atoms with Crippen molar-refractivity contribution in [3.8, 4) is 0 Å². The summed E-state index contributed by atoms with van der Waals surface area (Å²) in [6.45, 7) is 1.89. The van der Waals surface area contributed by atoms with E-state index in [0.717, 1.165) is 24.5 Å². The Morgan fingerprint density at radius 3 is 2.17 bits per heavy atom. The first-order valence-electron chi connectivity index (χ1n) is 12.9. The second kappa shape index (κ2) is 18.9. The van der Waals surface area contributed by atoms with E-state index in [1.165, 1.54) is 0 Å². The Labute approximate surface area is 234 Å². The van der Waals surface area contributed by atoms with Gasteiger partial charge >= 0.3 is 0 Å². The summed E-state index contributed by atoms with van der Waals surface area (Å²) in [5.41, 5.74) is 18.8. The van der Waals surface area contributed by atoms with E-state index in [9.17, 15) is 14.7 Å². The minimum absolute atomic E-state index is 0.0134. The topological polar surface area (TPSA) is 230 Å². The maximum absolute atomic E-state index is 13.0. The van der Waals surface area contributed by atoms with Gasteiger partial charge in [0.2, 0.25) is 5.91 Å². The number of carboxylic acids is 1. The van der Waals surface area contributed by atoms with Crippen LogP contribution in [0, 0.1) is 11.3 Å². The highest BCUT2D eigenvalue weighted by atomic mass is 16.4. The minimum Gasteiger partial charge on any atom is -0.481 e. The first kappa shape index (κ1) is 33.7. The Bertz CT molecular complexity index is 1100. The van der Waals surface area contributed by atoms with Crippen molar-refractivity contribution >= 4 is 29.5 Å². The van der Waals surface area contributed by atoms with Crippen LogP contribution in [-0.2, 0) is 27.3 Å². The fraction of sp³-hybridized carbons (Fsp3) is 0.393. The van der Waals surface area contributed by atoms with Gasteiger partial charge in [0.25, 0.3) is 5.97 Å². The van der Waals surface area contributed by atoms with Gasteiger partial charge in [0.1, 0.15) is 5.84 Å². The predicted octanol–water partition coefficient (Wildman–Crippen LogP) is 0.500. The molecule has 0 saturated heterocycles. The van der Waals surface area contributed by atoms with E-state index in [4.69, 9.17) is 32.5 Å². The number of benzene rings is 2. The third-order valence-corrected chi connectivity index (χ3v) is 5.77. The molecule has 0 aromatic heterocycles. The number of guanidine groups is 1. The van der Waals surface area contributed by atoms with Gasteiger partial charge in [-0.25, -0.2) is 0 Å². The molecule has 0 spiro atoms. The highest BCUT2D eigenvalue weighted by Crippen LogP contribution is 2.15. The van der Waals surface area contributed by atoms with Gasteiger partial charge in [-0.2, -0.15) is 0 Å². The van der Waals surface area contributed by atoms with Crippen molar-refractivity contribution in [2.75, 3.05) is 19.7 Å². The van der Waals surface area contributed by atoms with Crippen LogP contribution >= 0.6 is 0 Å². The van der Waals surface area contributed by atoms with Crippen LogP contribution in [0.2, 0.25) is 0 Å². The Kier molecular flexibility index (Phi) is 15.9. The smallest absolute Gasteiger partial charge is 0.300 e. The molecule has 12 heteroatoms. The second-order valence-corrected chi connectivity index (χ2v) is 9.09. The average Bonchev–Trinajstić information content (AvgIpc) is 2.91. The predicted molar refractivity (Wildman–Crippen MR) is 155 cm³/mol. The lowest BCUT2D eigenvalue weighted by molar-refractivity contribution is -0.134. The maximum Gasteiger partial charge on any atom is 0.300 e. The molecule has 218 valence electrons. The second-order valence-electron chi connectivity index (χ2n) is 9.09. The Hall–Kier alpha value is -4.29. The van der Waals surface area contributed by atoms with Crippen molar-refractivity contribution < 1.29 is 24.6 Å². The summed E-state index contributed by atoms with van der Waals surface area (Å²) in [6, 6.07) is 16.1. The molecule has 0 heterocycles. The van der Waals surface area contributed by atoms with E-state index < -0.39 is 17.9 Å². The zero-order valence-corrected chi connectivity index (χ0v) is 22.8. The lowest BCUT2D eigenvalue weighted by atomic mass is 9.93. The number of ketones is 1. The molecule has 2 rings (SSSR count). The molecule has 12 nitrogen and oxygen atoms in total. The fourth-order valence-electron chi connectivity index (χ4n) is 3.71. The molecule has 0 fully saturated rings. The number of carboxylic acid groups (broad SMARTS) is 1. The number of aliphatic hydroxyl groups excluding tert-OH is 1. The SMILES string of the molecule is CC(=O)O.N=C(N)c1ccc(CNC(=O)[C@H](CCCN=C(N)N)CC(=O)[C@@H](CO)NCCc2ccccc2)cc1. The van der Waals surface area contributed by atoms with Gasteiger partial charge in [-0.15, -0.1) is 0 Å². The number of carbonyl (C=O) groups is 3. The van der Waals surface area contributed by atoms with Crippen molar-refractivity contribution in [3.63, 3.8) is 0 Å². The summed E-state index contributed by atoms with van der Waals surface area (Å²) in [4.78, 5) is 38.9. The van der Waals surface area contributed by atoms with Crippen LogP contribution in [0.25, 0.3) is 0 Å². The van der Waals surface area contributed by atoms with Gasteiger partial charge in [0.15, 0.2) is 11.7 Å². The summed E-state index contributed by atoms with van der Waals surface area (Å²) in [5.74, 6) is -1.96. The average molecular weight is 556 g/mol. The number of amides is 1. The zero-order chi connectivity index (χ0) is 29.9. The lowest BCUT2D eigenvalue weighted by Gasteiger charge is -2.20. The summed E-state index contributed by atoms with van der Waals surface area (Å²) in [5, 5.41) is 30.6. The summed E-state index contributed by atoms with van der Waals surface area (Å²) >= 11 is 0. The highest BCUT2D eigenvalue weighted by molar-refractivity contribution is 5.95. The molecular weight excluding hydrogens is 514 g/mol. The van der Waals surface area contributed by atoms with Crippen LogP contribution in [0.5, 0.6) is 0 Å². The molecule has 11 N–H and O–H groups in total. The number of Topliss-reactive ketones (excluding diaryl/α,β-unsaturated/α-hetero) is 1. The Morgan fingerprint density at radius 1 is 1.00 bits per heavy atom. The molecule has 0 aliphatic carbocycles. The number of nitrogens with one attached hydrogen (secondary N) is 3. The molecule has 2 aromatic carbocycles. The molecule has 0 unspecified atom stereocenters. The molecule has 2 aromatic rings. The number of hydrogen-bond donors (Lipinski definition) is 8. The molecule has 40 heavy (non-hydrogen) atoms. The van der Waals surface area contributed by atoms with Crippen molar-refractivity contribution in [1.82, 2.24) is 10.6 Å². The van der Waals surface area contributed by atoms with Crippen LogP contribution in [0.15, 0.2) is 59.6 Å². The van der Waals surface area contributed by atoms with E-state index in [2.05, 4.69) is 15.6 Å². The van der Waals surface area contributed by atoms with Crippen molar-refractivity contribution in [1.29, 1.82) is 5.41 Å². The molecule has 0 radical (unpaired) electrons. The zero-order valence-electron chi connectivity index (χ0n) is 22.8. The first-order valence-corrected chi connectivity index (χ1v) is 12.9. The largest absolute Gasteiger partial charge is 0.481 e. The molecule has 0 aliphatic rings. The van der Waals surface area contributed by atoms with E-state index in [1.807, 2.05) is 30.3 Å². The van der Waals surface area contributed by atoms with Crippen LogP contribution in [0.3, 0.4) is 0 Å². The van der Waals surface area contributed by atoms with Gasteiger partial charge in [-0.3, -0.25) is 24.8 Å². The lowest BCUT2D eigenvalue weighted by Crippen LogP contribution is -2.43.